The second kappa shape index (κ2) is 8.22. The zero-order valence-corrected chi connectivity index (χ0v) is 15.5. The van der Waals surface area contributed by atoms with Gasteiger partial charge in [-0.05, 0) is 35.9 Å². The summed E-state index contributed by atoms with van der Waals surface area (Å²) in [7, 11) is 0. The molecule has 3 rings (SSSR count). The molecule has 10 heteroatoms. The Bertz CT molecular complexity index is 988. The van der Waals surface area contributed by atoms with E-state index in [-0.39, 0.29) is 23.1 Å². The molecule has 0 bridgehead atoms. The van der Waals surface area contributed by atoms with E-state index in [9.17, 15) is 18.0 Å². The largest absolute Gasteiger partial charge is 0.417 e. The van der Waals surface area contributed by atoms with E-state index in [0.717, 1.165) is 11.6 Å². The first-order valence-electron chi connectivity index (χ1n) is 7.83. The zero-order valence-electron chi connectivity index (χ0n) is 14.0. The van der Waals surface area contributed by atoms with Crippen LogP contribution in [0, 0.1) is 0 Å². The molecule has 0 atom stereocenters. The maximum Gasteiger partial charge on any atom is 0.417 e. The summed E-state index contributed by atoms with van der Waals surface area (Å²) in [6, 6.07) is 10.6. The summed E-state index contributed by atoms with van der Waals surface area (Å²) >= 11 is 11.7. The summed E-state index contributed by atoms with van der Waals surface area (Å²) in [6.07, 6.45) is -2.46. The third-order valence-electron chi connectivity index (χ3n) is 3.68. The Morgan fingerprint density at radius 2 is 1.89 bits per heavy atom. The van der Waals surface area contributed by atoms with Gasteiger partial charge in [0.1, 0.15) is 5.69 Å². The number of benzene rings is 1. The van der Waals surface area contributed by atoms with Crippen LogP contribution < -0.4 is 5.48 Å². The number of aromatic nitrogens is 2. The molecule has 0 radical (unpaired) electrons. The highest BCUT2D eigenvalue weighted by Crippen LogP contribution is 2.32. The minimum Gasteiger partial charge on any atom is -0.295 e. The van der Waals surface area contributed by atoms with Crippen molar-refractivity contribution in [2.45, 2.75) is 12.8 Å². The number of carbonyl (C=O) groups excluding carboxylic acids is 1. The third-order valence-corrected chi connectivity index (χ3v) is 4.21. The fraction of sp³-hybridized carbons (Fsp3) is 0.111. The molecule has 0 aliphatic rings. The number of hydroxylamine groups is 1. The van der Waals surface area contributed by atoms with Crippen molar-refractivity contribution in [3.8, 4) is 5.82 Å². The molecular weight excluding hydrogens is 418 g/mol. The van der Waals surface area contributed by atoms with E-state index >= 15 is 0 Å². The Hall–Kier alpha value is -2.55. The predicted molar refractivity (Wildman–Crippen MR) is 97.3 cm³/mol. The van der Waals surface area contributed by atoms with Crippen LogP contribution >= 0.6 is 23.2 Å². The van der Waals surface area contributed by atoms with Crippen LogP contribution in [-0.4, -0.2) is 15.5 Å². The number of nitrogens with one attached hydrogen (secondary N) is 1. The first-order valence-corrected chi connectivity index (χ1v) is 8.58. The number of rotatable bonds is 5. The molecule has 3 aromatic rings. The van der Waals surface area contributed by atoms with Crippen LogP contribution in [0.15, 0.2) is 54.9 Å². The highest BCUT2D eigenvalue weighted by molar-refractivity contribution is 6.32. The highest BCUT2D eigenvalue weighted by atomic mass is 35.5. The van der Waals surface area contributed by atoms with Crippen molar-refractivity contribution in [3.63, 3.8) is 0 Å². The normalized spacial score (nSPS) is 11.5. The van der Waals surface area contributed by atoms with Crippen molar-refractivity contribution in [2.24, 2.45) is 0 Å². The SMILES string of the molecule is O=C(NOCc1ccc(Cl)cc1)c1cccn1-c1ncc(C(F)(F)F)cc1Cl. The van der Waals surface area contributed by atoms with E-state index in [2.05, 4.69) is 10.5 Å². The number of hydrogen-bond acceptors (Lipinski definition) is 3. The van der Waals surface area contributed by atoms with Gasteiger partial charge >= 0.3 is 6.18 Å². The lowest BCUT2D eigenvalue weighted by atomic mass is 10.2. The van der Waals surface area contributed by atoms with Gasteiger partial charge in [0.05, 0.1) is 17.2 Å². The minimum atomic E-state index is -4.57. The van der Waals surface area contributed by atoms with Crippen molar-refractivity contribution < 1.29 is 22.8 Å². The zero-order chi connectivity index (χ0) is 20.3. The molecule has 0 unspecified atom stereocenters. The van der Waals surface area contributed by atoms with E-state index < -0.39 is 17.6 Å². The van der Waals surface area contributed by atoms with Crippen molar-refractivity contribution in [3.05, 3.63) is 81.7 Å². The summed E-state index contributed by atoms with van der Waals surface area (Å²) in [5, 5.41) is 0.327. The molecule has 0 saturated carbocycles. The van der Waals surface area contributed by atoms with Gasteiger partial charge in [0.15, 0.2) is 5.82 Å². The number of halogens is 5. The van der Waals surface area contributed by atoms with Crippen LogP contribution in [0.4, 0.5) is 13.2 Å². The molecule has 28 heavy (non-hydrogen) atoms. The lowest BCUT2D eigenvalue weighted by molar-refractivity contribution is -0.137. The van der Waals surface area contributed by atoms with E-state index in [1.54, 1.807) is 24.3 Å². The van der Waals surface area contributed by atoms with Gasteiger partial charge in [-0.25, -0.2) is 10.5 Å². The molecule has 2 heterocycles. The van der Waals surface area contributed by atoms with Gasteiger partial charge in [-0.2, -0.15) is 13.2 Å². The molecule has 1 N–H and O–H groups in total. The van der Waals surface area contributed by atoms with Gasteiger partial charge in [-0.1, -0.05) is 35.3 Å². The number of hydrogen-bond donors (Lipinski definition) is 1. The molecule has 2 aromatic heterocycles. The number of nitrogens with zero attached hydrogens (tertiary/aromatic N) is 2. The molecule has 0 aliphatic carbocycles. The van der Waals surface area contributed by atoms with Crippen molar-refractivity contribution >= 4 is 29.1 Å². The van der Waals surface area contributed by atoms with Crippen molar-refractivity contribution in [1.29, 1.82) is 0 Å². The van der Waals surface area contributed by atoms with Crippen molar-refractivity contribution in [1.82, 2.24) is 15.0 Å². The molecular formula is C18H12Cl2F3N3O2. The maximum absolute atomic E-state index is 12.8. The fourth-order valence-electron chi connectivity index (χ4n) is 2.33. The second-order valence-corrected chi connectivity index (χ2v) is 6.48. The minimum absolute atomic E-state index is 0.0116. The lowest BCUT2D eigenvalue weighted by Gasteiger charge is -2.12. The van der Waals surface area contributed by atoms with E-state index in [0.29, 0.717) is 11.2 Å². The monoisotopic (exact) mass is 429 g/mol. The standard InChI is InChI=1S/C18H12Cl2F3N3O2/c19-13-5-3-11(4-6-13)10-28-25-17(27)15-2-1-7-26(15)16-14(20)8-12(9-24-16)18(21,22)23/h1-9H,10H2,(H,25,27). The fourth-order valence-corrected chi connectivity index (χ4v) is 2.71. The van der Waals surface area contributed by atoms with E-state index in [1.165, 1.54) is 22.9 Å². The number of pyridine rings is 1. The first kappa shape index (κ1) is 20.2. The van der Waals surface area contributed by atoms with Crippen LogP contribution in [0.25, 0.3) is 5.82 Å². The summed E-state index contributed by atoms with van der Waals surface area (Å²) in [5.74, 6) is -0.626. The lowest BCUT2D eigenvalue weighted by Crippen LogP contribution is -2.26. The average Bonchev–Trinajstić information content (AvgIpc) is 3.12. The molecule has 1 aromatic carbocycles. The molecule has 5 nitrogen and oxygen atoms in total. The van der Waals surface area contributed by atoms with Gasteiger partial charge in [-0.15, -0.1) is 0 Å². The van der Waals surface area contributed by atoms with Gasteiger partial charge < -0.3 is 0 Å². The Morgan fingerprint density at radius 1 is 1.18 bits per heavy atom. The molecule has 0 fully saturated rings. The highest BCUT2D eigenvalue weighted by Gasteiger charge is 2.32. The Morgan fingerprint density at radius 3 is 2.54 bits per heavy atom. The quantitative estimate of drug-likeness (QED) is 0.576. The van der Waals surface area contributed by atoms with Crippen molar-refractivity contribution in [2.75, 3.05) is 0 Å². The number of amides is 1. The Kier molecular flexibility index (Phi) is 5.93. The topological polar surface area (TPSA) is 56.1 Å². The Balaban J connectivity index is 1.72. The maximum atomic E-state index is 12.8. The number of alkyl halides is 3. The van der Waals surface area contributed by atoms with E-state index in [1.807, 2.05) is 0 Å². The Labute approximate surface area is 167 Å². The molecule has 0 aliphatic heterocycles. The van der Waals surface area contributed by atoms with Gasteiger partial charge in [0.25, 0.3) is 5.91 Å². The van der Waals surface area contributed by atoms with Crippen LogP contribution in [0.3, 0.4) is 0 Å². The van der Waals surface area contributed by atoms with Gasteiger partial charge in [0, 0.05) is 17.4 Å². The summed E-state index contributed by atoms with van der Waals surface area (Å²) < 4.78 is 39.5. The predicted octanol–water partition coefficient (Wildman–Crippen LogP) is 5.06. The summed E-state index contributed by atoms with van der Waals surface area (Å²) in [4.78, 5) is 21.3. The van der Waals surface area contributed by atoms with Crippen LogP contribution in [0.1, 0.15) is 21.6 Å². The number of carbonyl (C=O) groups is 1. The van der Waals surface area contributed by atoms with Crippen LogP contribution in [-0.2, 0) is 17.6 Å². The van der Waals surface area contributed by atoms with Crippen LogP contribution in [0.5, 0.6) is 0 Å². The first-order chi connectivity index (χ1) is 13.3. The van der Waals surface area contributed by atoms with E-state index in [4.69, 9.17) is 28.0 Å². The molecule has 1 amide bonds. The van der Waals surface area contributed by atoms with Gasteiger partial charge in [0.2, 0.25) is 0 Å². The smallest absolute Gasteiger partial charge is 0.295 e. The van der Waals surface area contributed by atoms with Crippen LogP contribution in [0.2, 0.25) is 10.0 Å². The summed E-state index contributed by atoms with van der Waals surface area (Å²) in [5.41, 5.74) is 2.16. The molecule has 0 spiro atoms. The third kappa shape index (κ3) is 4.64. The molecule has 146 valence electrons. The molecule has 0 saturated heterocycles. The van der Waals surface area contributed by atoms with Gasteiger partial charge in [-0.3, -0.25) is 14.2 Å². The summed E-state index contributed by atoms with van der Waals surface area (Å²) in [6.45, 7) is 0.100. The average molecular weight is 430 g/mol. The second-order valence-electron chi connectivity index (χ2n) is 5.64.